The third-order valence-corrected chi connectivity index (χ3v) is 8.40. The van der Waals surface area contributed by atoms with Gasteiger partial charge in [0, 0.05) is 28.8 Å². The first-order valence-electron chi connectivity index (χ1n) is 14.6. The van der Waals surface area contributed by atoms with Crippen LogP contribution in [0.3, 0.4) is 0 Å². The summed E-state index contributed by atoms with van der Waals surface area (Å²) in [5.74, 6) is 0.434. The molecule has 3 aromatic heterocycles. The van der Waals surface area contributed by atoms with Crippen molar-refractivity contribution in [3.8, 4) is 33.8 Å². The Morgan fingerprint density at radius 2 is 1.40 bits per heavy atom. The predicted molar refractivity (Wildman–Crippen MR) is 171 cm³/mol. The lowest BCUT2D eigenvalue weighted by Crippen LogP contribution is -2.37. The Morgan fingerprint density at radius 1 is 0.595 bits per heavy atom. The Balaban J connectivity index is 1.11. The molecule has 0 saturated carbocycles. The highest BCUT2D eigenvalue weighted by atomic mass is 14.8. The quantitative estimate of drug-likeness (QED) is 0.237. The molecule has 1 atom stereocenters. The van der Waals surface area contributed by atoms with E-state index in [2.05, 4.69) is 96.0 Å². The molecule has 1 aliphatic heterocycles. The lowest BCUT2D eigenvalue weighted by molar-refractivity contribution is 0.613. The van der Waals surface area contributed by atoms with Gasteiger partial charge in [-0.3, -0.25) is 9.98 Å². The minimum Gasteiger partial charge on any atom is -0.255 e. The first-order chi connectivity index (χ1) is 20.8. The number of nitrogens with zero attached hydrogens (tertiary/aromatic N) is 4. The Kier molecular flexibility index (Phi) is 6.03. The number of fused-ring (bicyclic) bond motifs is 3. The van der Waals surface area contributed by atoms with Gasteiger partial charge in [-0.2, -0.15) is 0 Å². The summed E-state index contributed by atoms with van der Waals surface area (Å²) in [6, 6.07) is 40.1. The van der Waals surface area contributed by atoms with Crippen molar-refractivity contribution < 1.29 is 0 Å². The highest BCUT2D eigenvalue weighted by Crippen LogP contribution is 2.32. The fourth-order valence-electron chi connectivity index (χ4n) is 6.12. The van der Waals surface area contributed by atoms with Gasteiger partial charge in [-0.05, 0) is 77.6 Å². The highest BCUT2D eigenvalue weighted by Gasteiger charge is 2.24. The molecule has 0 bridgehead atoms. The summed E-state index contributed by atoms with van der Waals surface area (Å²) in [5.41, 5.74) is 10.7. The van der Waals surface area contributed by atoms with Crippen LogP contribution in [0.1, 0.15) is 24.8 Å². The maximum Gasteiger partial charge on any atom is 0.0924 e. The van der Waals surface area contributed by atoms with E-state index in [0.29, 0.717) is 5.92 Å². The van der Waals surface area contributed by atoms with Crippen LogP contribution in [0.15, 0.2) is 126 Å². The third kappa shape index (κ3) is 4.51. The molecule has 0 N–H and O–H groups in total. The molecule has 4 heteroatoms. The van der Waals surface area contributed by atoms with E-state index in [1.54, 1.807) is 6.20 Å². The van der Waals surface area contributed by atoms with E-state index in [0.717, 1.165) is 69.6 Å². The van der Waals surface area contributed by atoms with Gasteiger partial charge in [-0.15, -0.1) is 0 Å². The largest absolute Gasteiger partial charge is 0.255 e. The van der Waals surface area contributed by atoms with E-state index in [1.807, 2.05) is 30.3 Å². The molecule has 0 amide bonds. The van der Waals surface area contributed by atoms with Crippen LogP contribution in [0.2, 0.25) is 0 Å². The summed E-state index contributed by atoms with van der Waals surface area (Å²) in [6.07, 6.45) is 7.25. The number of rotatable bonds is 4. The van der Waals surface area contributed by atoms with E-state index in [-0.39, 0.29) is 0 Å². The number of hydrogen-bond acceptors (Lipinski definition) is 4. The van der Waals surface area contributed by atoms with Crippen molar-refractivity contribution >= 4 is 28.4 Å². The summed E-state index contributed by atoms with van der Waals surface area (Å²) in [7, 11) is 0. The highest BCUT2D eigenvalue weighted by molar-refractivity contribution is 6.04. The fourth-order valence-corrected chi connectivity index (χ4v) is 6.12. The van der Waals surface area contributed by atoms with Crippen LogP contribution < -0.4 is 10.6 Å². The molecule has 1 unspecified atom stereocenters. The Hall–Kier alpha value is -5.22. The number of aliphatic imine (C=N–C) groups is 1. The molecule has 200 valence electrons. The van der Waals surface area contributed by atoms with E-state index >= 15 is 0 Å². The average Bonchev–Trinajstić information content (AvgIpc) is 3.08. The maximum atomic E-state index is 5.26. The zero-order chi connectivity index (χ0) is 27.9. The molecular weight excluding hydrogens is 512 g/mol. The molecule has 0 spiro atoms. The number of hydrogen-bond donors (Lipinski definition) is 0. The van der Waals surface area contributed by atoms with Crippen molar-refractivity contribution in [1.29, 1.82) is 0 Å². The second-order valence-corrected chi connectivity index (χ2v) is 11.0. The first kappa shape index (κ1) is 24.6. The first-order valence-corrected chi connectivity index (χ1v) is 14.6. The third-order valence-electron chi connectivity index (χ3n) is 8.40. The molecular formula is C38H28N4. The topological polar surface area (TPSA) is 51.0 Å². The summed E-state index contributed by atoms with van der Waals surface area (Å²) in [5, 5.41) is 3.35. The van der Waals surface area contributed by atoms with Crippen LogP contribution in [-0.4, -0.2) is 20.7 Å². The SMILES string of the molecule is C1=c2ccc(-c3ccccc3)nc2=C2N=C(c3ccc(-c4ccc5nc(-c6ccccn6)ccc5c4)cc3)CCC2C1. The molecule has 0 fully saturated rings. The van der Waals surface area contributed by atoms with Crippen LogP contribution in [0, 0.1) is 5.92 Å². The van der Waals surface area contributed by atoms with Gasteiger partial charge in [-0.25, -0.2) is 9.97 Å². The molecule has 0 saturated heterocycles. The van der Waals surface area contributed by atoms with E-state index < -0.39 is 0 Å². The van der Waals surface area contributed by atoms with E-state index in [4.69, 9.17) is 15.0 Å². The smallest absolute Gasteiger partial charge is 0.0924 e. The standard InChI is InChI=1S/C38H28N4/c1-2-6-26(7-3-1)32-19-15-28-13-14-29-16-20-33(42-38(29)37(28)41-32)27-11-9-25(10-12-27)30-17-21-34-31(24-30)18-22-36(40-34)35-8-4-5-23-39-35/h1-13,15,17-19,21-24,29H,14,16,20H2. The van der Waals surface area contributed by atoms with Crippen LogP contribution in [0.25, 0.3) is 56.4 Å². The average molecular weight is 541 g/mol. The Bertz CT molecular complexity index is 2100. The van der Waals surface area contributed by atoms with Crippen LogP contribution in [0.4, 0.5) is 0 Å². The van der Waals surface area contributed by atoms with E-state index in [9.17, 15) is 0 Å². The lowest BCUT2D eigenvalue weighted by Gasteiger charge is -2.25. The van der Waals surface area contributed by atoms with E-state index in [1.165, 1.54) is 21.9 Å². The van der Waals surface area contributed by atoms with Crippen LogP contribution in [-0.2, 0) is 0 Å². The molecule has 8 rings (SSSR count). The summed E-state index contributed by atoms with van der Waals surface area (Å²) >= 11 is 0. The minimum atomic E-state index is 0.434. The summed E-state index contributed by atoms with van der Waals surface area (Å²) < 4.78 is 0. The molecule has 4 heterocycles. The molecule has 4 nitrogen and oxygen atoms in total. The zero-order valence-corrected chi connectivity index (χ0v) is 23.1. The molecule has 6 aromatic rings. The van der Waals surface area contributed by atoms with Crippen molar-refractivity contribution in [3.63, 3.8) is 0 Å². The molecule has 2 aliphatic rings. The van der Waals surface area contributed by atoms with Crippen molar-refractivity contribution in [2.24, 2.45) is 10.9 Å². The molecule has 1 aliphatic carbocycles. The minimum absolute atomic E-state index is 0.434. The van der Waals surface area contributed by atoms with Gasteiger partial charge in [0.05, 0.1) is 33.6 Å². The monoisotopic (exact) mass is 540 g/mol. The normalized spacial score (nSPS) is 15.9. The van der Waals surface area contributed by atoms with Crippen molar-refractivity contribution in [3.05, 3.63) is 138 Å². The summed E-state index contributed by atoms with van der Waals surface area (Å²) in [4.78, 5) is 19.7. The van der Waals surface area contributed by atoms with Gasteiger partial charge in [0.15, 0.2) is 0 Å². The second kappa shape index (κ2) is 10.3. The van der Waals surface area contributed by atoms with Crippen LogP contribution in [0.5, 0.6) is 0 Å². The second-order valence-electron chi connectivity index (χ2n) is 11.0. The fraction of sp³-hybridized carbons (Fsp3) is 0.105. The van der Waals surface area contributed by atoms with Crippen molar-refractivity contribution in [1.82, 2.24) is 15.0 Å². The maximum absolute atomic E-state index is 5.26. The van der Waals surface area contributed by atoms with Gasteiger partial charge in [0.1, 0.15) is 0 Å². The van der Waals surface area contributed by atoms with Gasteiger partial charge in [0.2, 0.25) is 0 Å². The van der Waals surface area contributed by atoms with Crippen molar-refractivity contribution in [2.45, 2.75) is 19.3 Å². The van der Waals surface area contributed by atoms with Crippen molar-refractivity contribution in [2.75, 3.05) is 0 Å². The predicted octanol–water partition coefficient (Wildman–Crippen LogP) is 7.22. The van der Waals surface area contributed by atoms with Gasteiger partial charge in [-0.1, -0.05) is 84.9 Å². The lowest BCUT2D eigenvalue weighted by atomic mass is 9.86. The number of aromatic nitrogens is 3. The molecule has 0 radical (unpaired) electrons. The Labute approximate surface area is 244 Å². The number of benzene rings is 3. The molecule has 42 heavy (non-hydrogen) atoms. The zero-order valence-electron chi connectivity index (χ0n) is 23.1. The van der Waals surface area contributed by atoms with Crippen LogP contribution >= 0.6 is 0 Å². The van der Waals surface area contributed by atoms with Gasteiger partial charge >= 0.3 is 0 Å². The van der Waals surface area contributed by atoms with Gasteiger partial charge < -0.3 is 0 Å². The Morgan fingerprint density at radius 3 is 2.26 bits per heavy atom. The molecule has 3 aromatic carbocycles. The van der Waals surface area contributed by atoms with Gasteiger partial charge in [0.25, 0.3) is 0 Å². The number of pyridine rings is 3. The summed E-state index contributed by atoms with van der Waals surface area (Å²) in [6.45, 7) is 0.